The minimum absolute atomic E-state index is 0.0581. The van der Waals surface area contributed by atoms with Gasteiger partial charge in [0.15, 0.2) is 0 Å². The summed E-state index contributed by atoms with van der Waals surface area (Å²) in [6.45, 7) is 2.21. The zero-order valence-corrected chi connectivity index (χ0v) is 10.6. The van der Waals surface area contributed by atoms with E-state index in [1.165, 1.54) is 5.56 Å². The van der Waals surface area contributed by atoms with Crippen molar-refractivity contribution in [2.24, 2.45) is 0 Å². The van der Waals surface area contributed by atoms with Crippen molar-refractivity contribution in [3.63, 3.8) is 0 Å². The Bertz CT molecular complexity index is 424. The van der Waals surface area contributed by atoms with Gasteiger partial charge in [0.05, 0.1) is 5.54 Å². The molecule has 1 spiro atoms. The van der Waals surface area contributed by atoms with E-state index in [9.17, 15) is 5.11 Å². The van der Waals surface area contributed by atoms with Gasteiger partial charge >= 0.3 is 0 Å². The normalized spacial score (nSPS) is 28.5. The van der Waals surface area contributed by atoms with Gasteiger partial charge in [0.2, 0.25) is 0 Å². The molecule has 1 saturated heterocycles. The lowest BCUT2D eigenvalue weighted by Gasteiger charge is -2.43. The number of nitrogens with zero attached hydrogens (tertiary/aromatic N) is 2. The van der Waals surface area contributed by atoms with Crippen LogP contribution in [0.15, 0.2) is 24.3 Å². The molecule has 17 heavy (non-hydrogen) atoms. The average Bonchev–Trinajstić information content (AvgIpc) is 2.57. The SMILES string of the molecule is CN1CCC2(CC1)c1ccccc1C(O)N2C. The van der Waals surface area contributed by atoms with E-state index in [0.717, 1.165) is 31.5 Å². The molecule has 2 aliphatic heterocycles. The van der Waals surface area contributed by atoms with Crippen molar-refractivity contribution in [3.05, 3.63) is 35.4 Å². The highest BCUT2D eigenvalue weighted by Crippen LogP contribution is 2.49. The molecule has 2 heterocycles. The van der Waals surface area contributed by atoms with Crippen LogP contribution < -0.4 is 0 Å². The molecule has 3 nitrogen and oxygen atoms in total. The highest BCUT2D eigenvalue weighted by Gasteiger charge is 2.48. The molecule has 1 unspecified atom stereocenters. The molecule has 0 radical (unpaired) electrons. The van der Waals surface area contributed by atoms with Crippen LogP contribution in [-0.4, -0.2) is 42.1 Å². The number of benzene rings is 1. The van der Waals surface area contributed by atoms with E-state index in [2.05, 4.69) is 42.1 Å². The van der Waals surface area contributed by atoms with Crippen LogP contribution >= 0.6 is 0 Å². The van der Waals surface area contributed by atoms with Crippen LogP contribution in [0.5, 0.6) is 0 Å². The van der Waals surface area contributed by atoms with Gasteiger partial charge in [-0.25, -0.2) is 0 Å². The van der Waals surface area contributed by atoms with Crippen LogP contribution in [0.4, 0.5) is 0 Å². The molecule has 0 aromatic heterocycles. The third kappa shape index (κ3) is 1.46. The van der Waals surface area contributed by atoms with E-state index < -0.39 is 6.23 Å². The zero-order chi connectivity index (χ0) is 12.0. The lowest BCUT2D eigenvalue weighted by molar-refractivity contribution is -0.0550. The van der Waals surface area contributed by atoms with Crippen LogP contribution in [0.2, 0.25) is 0 Å². The van der Waals surface area contributed by atoms with Crippen molar-refractivity contribution in [2.45, 2.75) is 24.6 Å². The Labute approximate surface area is 103 Å². The highest BCUT2D eigenvalue weighted by atomic mass is 16.3. The maximum atomic E-state index is 10.3. The van der Waals surface area contributed by atoms with Gasteiger partial charge in [0.25, 0.3) is 0 Å². The maximum absolute atomic E-state index is 10.3. The number of aliphatic hydroxyl groups excluding tert-OH is 1. The van der Waals surface area contributed by atoms with E-state index in [1.54, 1.807) is 0 Å². The number of rotatable bonds is 0. The summed E-state index contributed by atoms with van der Waals surface area (Å²) >= 11 is 0. The molecular weight excluding hydrogens is 212 g/mol. The van der Waals surface area contributed by atoms with Crippen LogP contribution in [0.3, 0.4) is 0 Å². The Kier molecular flexibility index (Phi) is 2.51. The molecular formula is C14H20N2O. The summed E-state index contributed by atoms with van der Waals surface area (Å²) in [5, 5.41) is 10.3. The Morgan fingerprint density at radius 1 is 1.18 bits per heavy atom. The fourth-order valence-corrected chi connectivity index (χ4v) is 3.39. The molecule has 3 heteroatoms. The standard InChI is InChI=1S/C14H20N2O/c1-15-9-7-14(8-10-15)12-6-4-3-5-11(12)13(17)16(14)2/h3-6,13,17H,7-10H2,1-2H3. The Morgan fingerprint density at radius 2 is 1.82 bits per heavy atom. The summed E-state index contributed by atoms with van der Waals surface area (Å²) in [5.41, 5.74) is 2.49. The van der Waals surface area contributed by atoms with Gasteiger partial charge in [-0.15, -0.1) is 0 Å². The van der Waals surface area contributed by atoms with Crippen molar-refractivity contribution >= 4 is 0 Å². The number of aliphatic hydroxyl groups is 1. The van der Waals surface area contributed by atoms with Gasteiger partial charge in [-0.3, -0.25) is 4.90 Å². The number of hydrogen-bond donors (Lipinski definition) is 1. The van der Waals surface area contributed by atoms with Gasteiger partial charge < -0.3 is 10.0 Å². The van der Waals surface area contributed by atoms with Gasteiger partial charge in [0, 0.05) is 5.56 Å². The summed E-state index contributed by atoms with van der Waals surface area (Å²) in [6.07, 6.45) is 1.77. The first-order valence-electron chi connectivity index (χ1n) is 6.34. The van der Waals surface area contributed by atoms with Gasteiger partial charge in [-0.05, 0) is 45.6 Å². The second-order valence-corrected chi connectivity index (χ2v) is 5.41. The summed E-state index contributed by atoms with van der Waals surface area (Å²) < 4.78 is 0. The topological polar surface area (TPSA) is 26.7 Å². The number of fused-ring (bicyclic) bond motifs is 2. The molecule has 1 aromatic carbocycles. The van der Waals surface area contributed by atoms with Gasteiger partial charge in [-0.2, -0.15) is 0 Å². The Hall–Kier alpha value is -0.900. The monoisotopic (exact) mass is 232 g/mol. The quantitative estimate of drug-likeness (QED) is 0.735. The molecule has 1 aromatic rings. The molecule has 2 aliphatic rings. The first kappa shape index (κ1) is 11.2. The van der Waals surface area contributed by atoms with Crippen molar-refractivity contribution in [1.82, 2.24) is 9.80 Å². The summed E-state index contributed by atoms with van der Waals surface area (Å²) in [4.78, 5) is 4.52. The molecule has 3 rings (SSSR count). The fraction of sp³-hybridized carbons (Fsp3) is 0.571. The molecule has 1 N–H and O–H groups in total. The first-order valence-corrected chi connectivity index (χ1v) is 6.34. The second-order valence-electron chi connectivity index (χ2n) is 5.41. The molecule has 0 aliphatic carbocycles. The van der Waals surface area contributed by atoms with Crippen LogP contribution in [0.1, 0.15) is 30.2 Å². The molecule has 0 bridgehead atoms. The first-order chi connectivity index (χ1) is 8.15. The summed E-state index contributed by atoms with van der Waals surface area (Å²) in [5.74, 6) is 0. The van der Waals surface area contributed by atoms with Crippen LogP contribution in [0, 0.1) is 0 Å². The second kappa shape index (κ2) is 3.80. The maximum Gasteiger partial charge on any atom is 0.134 e. The summed E-state index contributed by atoms with van der Waals surface area (Å²) in [6, 6.07) is 8.35. The van der Waals surface area contributed by atoms with Gasteiger partial charge in [-0.1, -0.05) is 24.3 Å². The number of hydrogen-bond acceptors (Lipinski definition) is 3. The van der Waals surface area contributed by atoms with E-state index in [0.29, 0.717) is 0 Å². The van der Waals surface area contributed by atoms with Crippen LogP contribution in [-0.2, 0) is 5.54 Å². The predicted molar refractivity (Wildman–Crippen MR) is 67.6 cm³/mol. The third-order valence-corrected chi connectivity index (χ3v) is 4.60. The molecule has 1 fully saturated rings. The highest BCUT2D eigenvalue weighted by molar-refractivity contribution is 5.40. The largest absolute Gasteiger partial charge is 0.374 e. The van der Waals surface area contributed by atoms with E-state index >= 15 is 0 Å². The fourth-order valence-electron chi connectivity index (χ4n) is 3.39. The van der Waals surface area contributed by atoms with Crippen molar-refractivity contribution in [1.29, 1.82) is 0 Å². The third-order valence-electron chi connectivity index (χ3n) is 4.60. The molecule has 92 valence electrons. The molecule has 0 saturated carbocycles. The van der Waals surface area contributed by atoms with E-state index in [1.807, 2.05) is 6.07 Å². The molecule has 1 atom stereocenters. The number of likely N-dealkylation sites (tertiary alicyclic amines) is 1. The lowest BCUT2D eigenvalue weighted by Crippen LogP contribution is -2.48. The van der Waals surface area contributed by atoms with Crippen molar-refractivity contribution in [2.75, 3.05) is 27.2 Å². The minimum Gasteiger partial charge on any atom is -0.374 e. The lowest BCUT2D eigenvalue weighted by atomic mass is 9.81. The number of piperidine rings is 1. The molecule has 0 amide bonds. The average molecular weight is 232 g/mol. The zero-order valence-electron chi connectivity index (χ0n) is 10.6. The van der Waals surface area contributed by atoms with E-state index in [-0.39, 0.29) is 5.54 Å². The Morgan fingerprint density at radius 3 is 2.53 bits per heavy atom. The smallest absolute Gasteiger partial charge is 0.134 e. The van der Waals surface area contributed by atoms with E-state index in [4.69, 9.17) is 0 Å². The van der Waals surface area contributed by atoms with Crippen LogP contribution in [0.25, 0.3) is 0 Å². The summed E-state index contributed by atoms with van der Waals surface area (Å²) in [7, 11) is 4.22. The predicted octanol–water partition coefficient (Wildman–Crippen LogP) is 1.54. The minimum atomic E-state index is -0.436. The van der Waals surface area contributed by atoms with Gasteiger partial charge in [0.1, 0.15) is 6.23 Å². The van der Waals surface area contributed by atoms with Crippen molar-refractivity contribution < 1.29 is 5.11 Å². The Balaban J connectivity index is 2.05. The van der Waals surface area contributed by atoms with Crippen molar-refractivity contribution in [3.8, 4) is 0 Å².